The molecular weight excluding hydrogens is 427 g/mol. The van der Waals surface area contributed by atoms with Gasteiger partial charge in [-0.25, -0.2) is 0 Å². The first kappa shape index (κ1) is 24.4. The first-order chi connectivity index (χ1) is 13.7. The van der Waals surface area contributed by atoms with Gasteiger partial charge in [0, 0.05) is 26.2 Å². The van der Waals surface area contributed by atoms with E-state index in [9.17, 15) is 0 Å². The van der Waals surface area contributed by atoms with Gasteiger partial charge in [0.05, 0.1) is 0 Å². The molecule has 0 N–H and O–H groups in total. The minimum atomic E-state index is 0. The molecule has 2 aliphatic rings. The van der Waals surface area contributed by atoms with E-state index < -0.39 is 0 Å². The van der Waals surface area contributed by atoms with Gasteiger partial charge in [-0.15, -0.1) is 24.8 Å². The number of fused-ring (bicyclic) bond motifs is 2. The predicted octanol–water partition coefficient (Wildman–Crippen LogP) is 3.37. The fraction of sp³-hybridized carbons (Fsp3) is 0.455. The molecule has 0 aliphatic carbocycles. The summed E-state index contributed by atoms with van der Waals surface area (Å²) >= 11 is 0. The molecular formula is C22H30Cl2N2O4. The van der Waals surface area contributed by atoms with E-state index in [1.165, 1.54) is 0 Å². The molecule has 8 heteroatoms. The van der Waals surface area contributed by atoms with Gasteiger partial charge < -0.3 is 28.7 Å². The molecule has 0 amide bonds. The summed E-state index contributed by atoms with van der Waals surface area (Å²) in [6, 6.07) is 15.7. The average Bonchev–Trinajstić information content (AvgIpc) is 2.72. The highest BCUT2D eigenvalue weighted by molar-refractivity contribution is 5.85. The van der Waals surface area contributed by atoms with Crippen molar-refractivity contribution in [3.05, 3.63) is 48.5 Å². The number of benzene rings is 2. The van der Waals surface area contributed by atoms with Crippen LogP contribution in [0.5, 0.6) is 23.0 Å². The highest BCUT2D eigenvalue weighted by Crippen LogP contribution is 2.31. The molecule has 0 fully saturated rings. The maximum atomic E-state index is 6.05. The molecule has 2 aromatic carbocycles. The van der Waals surface area contributed by atoms with E-state index >= 15 is 0 Å². The van der Waals surface area contributed by atoms with E-state index in [4.69, 9.17) is 18.9 Å². The third kappa shape index (κ3) is 6.32. The Labute approximate surface area is 190 Å². The van der Waals surface area contributed by atoms with Crippen LogP contribution in [0, 0.1) is 0 Å². The summed E-state index contributed by atoms with van der Waals surface area (Å²) in [6.45, 7) is 4.73. The number of ether oxygens (including phenoxy) is 4. The summed E-state index contributed by atoms with van der Waals surface area (Å²) in [6.07, 6.45) is 0.105. The van der Waals surface area contributed by atoms with Gasteiger partial charge in [0.1, 0.15) is 25.4 Å². The van der Waals surface area contributed by atoms with E-state index in [-0.39, 0.29) is 37.0 Å². The van der Waals surface area contributed by atoms with Crippen molar-refractivity contribution in [2.45, 2.75) is 12.2 Å². The maximum Gasteiger partial charge on any atom is 0.161 e. The summed E-state index contributed by atoms with van der Waals surface area (Å²) in [5, 5.41) is 0. The Kier molecular flexibility index (Phi) is 9.37. The lowest BCUT2D eigenvalue weighted by molar-refractivity contribution is 0.0532. The van der Waals surface area contributed by atoms with Crippen LogP contribution < -0.4 is 18.9 Å². The van der Waals surface area contributed by atoms with Crippen LogP contribution in [0.1, 0.15) is 0 Å². The molecule has 4 rings (SSSR count). The van der Waals surface area contributed by atoms with E-state index in [1.807, 2.05) is 48.5 Å². The minimum Gasteiger partial charge on any atom is -0.486 e. The predicted molar refractivity (Wildman–Crippen MR) is 122 cm³/mol. The Bertz CT molecular complexity index is 730. The summed E-state index contributed by atoms with van der Waals surface area (Å²) < 4.78 is 23.7. The van der Waals surface area contributed by atoms with Gasteiger partial charge in [0.15, 0.2) is 23.0 Å². The Hall–Kier alpha value is -1.86. The van der Waals surface area contributed by atoms with Gasteiger partial charge in [-0.1, -0.05) is 24.3 Å². The van der Waals surface area contributed by atoms with Crippen molar-refractivity contribution in [3.63, 3.8) is 0 Å². The molecule has 0 aromatic heterocycles. The van der Waals surface area contributed by atoms with Gasteiger partial charge in [-0.3, -0.25) is 0 Å². The zero-order chi connectivity index (χ0) is 19.3. The van der Waals surface area contributed by atoms with Crippen LogP contribution in [0.25, 0.3) is 0 Å². The van der Waals surface area contributed by atoms with Crippen molar-refractivity contribution in [2.24, 2.45) is 0 Å². The van der Waals surface area contributed by atoms with Crippen molar-refractivity contribution < 1.29 is 18.9 Å². The largest absolute Gasteiger partial charge is 0.486 e. The molecule has 6 nitrogen and oxygen atoms in total. The number of likely N-dealkylation sites (N-methyl/N-ethyl adjacent to an activating group) is 2. The Morgan fingerprint density at radius 1 is 0.667 bits per heavy atom. The minimum absolute atomic E-state index is 0. The van der Waals surface area contributed by atoms with Gasteiger partial charge >= 0.3 is 0 Å². The Balaban J connectivity index is 0.00000160. The zero-order valence-corrected chi connectivity index (χ0v) is 19.0. The number of hydrogen-bond donors (Lipinski definition) is 0. The molecule has 2 aliphatic heterocycles. The van der Waals surface area contributed by atoms with Crippen LogP contribution in [-0.4, -0.2) is 75.5 Å². The first-order valence-corrected chi connectivity index (χ1v) is 9.81. The highest BCUT2D eigenvalue weighted by Gasteiger charge is 2.23. The molecule has 30 heavy (non-hydrogen) atoms. The molecule has 0 radical (unpaired) electrons. The van der Waals surface area contributed by atoms with Crippen LogP contribution >= 0.6 is 24.8 Å². The van der Waals surface area contributed by atoms with Crippen LogP contribution in [0.15, 0.2) is 48.5 Å². The second-order valence-electron chi connectivity index (χ2n) is 7.52. The summed E-state index contributed by atoms with van der Waals surface area (Å²) in [5.74, 6) is 3.33. The van der Waals surface area contributed by atoms with Gasteiger partial charge in [-0.05, 0) is 38.4 Å². The zero-order valence-electron chi connectivity index (χ0n) is 17.4. The summed E-state index contributed by atoms with van der Waals surface area (Å²) in [5.41, 5.74) is 0. The van der Waals surface area contributed by atoms with Crippen molar-refractivity contribution in [2.75, 3.05) is 53.5 Å². The third-order valence-electron chi connectivity index (χ3n) is 5.03. The number of nitrogens with zero attached hydrogens (tertiary/aromatic N) is 2. The van der Waals surface area contributed by atoms with Crippen LogP contribution in [-0.2, 0) is 0 Å². The topological polar surface area (TPSA) is 43.4 Å². The normalized spacial score (nSPS) is 19.1. The second-order valence-corrected chi connectivity index (χ2v) is 7.52. The molecule has 0 saturated carbocycles. The van der Waals surface area contributed by atoms with E-state index in [0.717, 1.165) is 49.2 Å². The molecule has 2 aromatic rings. The Morgan fingerprint density at radius 2 is 1.03 bits per heavy atom. The quantitative estimate of drug-likeness (QED) is 0.636. The standard InChI is InChI=1S/C22H28N2O4.2ClH/c1-23(13-17-15-25-19-7-3-5-9-21(19)27-17)11-12-24(2)14-18-16-26-20-8-4-6-10-22(20)28-18;;/h3-10,17-18H,11-16H2,1-2H3;2*1H. The van der Waals surface area contributed by atoms with Crippen LogP contribution in [0.4, 0.5) is 0 Å². The lowest BCUT2D eigenvalue weighted by atomic mass is 10.2. The lowest BCUT2D eigenvalue weighted by Crippen LogP contribution is -2.44. The lowest BCUT2D eigenvalue weighted by Gasteiger charge is -2.32. The second kappa shape index (κ2) is 11.5. The molecule has 0 bridgehead atoms. The smallest absolute Gasteiger partial charge is 0.161 e. The van der Waals surface area contributed by atoms with Crippen LogP contribution in [0.2, 0.25) is 0 Å². The number of halogens is 2. The van der Waals surface area contributed by atoms with Gasteiger partial charge in [0.2, 0.25) is 0 Å². The fourth-order valence-electron chi connectivity index (χ4n) is 3.53. The van der Waals surface area contributed by atoms with Gasteiger partial charge in [0.25, 0.3) is 0 Å². The average molecular weight is 457 g/mol. The SMILES string of the molecule is CN(CCN(C)CC1COc2ccccc2O1)CC1COc2ccccc2O1.Cl.Cl. The molecule has 0 saturated heterocycles. The maximum absolute atomic E-state index is 6.05. The van der Waals surface area contributed by atoms with E-state index in [1.54, 1.807) is 0 Å². The molecule has 2 atom stereocenters. The number of para-hydroxylation sites is 4. The number of hydrogen-bond acceptors (Lipinski definition) is 6. The van der Waals surface area contributed by atoms with Crippen molar-refractivity contribution in [1.29, 1.82) is 0 Å². The molecule has 2 unspecified atom stereocenters. The first-order valence-electron chi connectivity index (χ1n) is 9.81. The monoisotopic (exact) mass is 456 g/mol. The molecule has 2 heterocycles. The third-order valence-corrected chi connectivity index (χ3v) is 5.03. The molecule has 166 valence electrons. The van der Waals surface area contributed by atoms with Crippen molar-refractivity contribution in [3.8, 4) is 23.0 Å². The fourth-order valence-corrected chi connectivity index (χ4v) is 3.53. The van der Waals surface area contributed by atoms with E-state index in [2.05, 4.69) is 23.9 Å². The van der Waals surface area contributed by atoms with Gasteiger partial charge in [-0.2, -0.15) is 0 Å². The number of rotatable bonds is 7. The summed E-state index contributed by atoms with van der Waals surface area (Å²) in [4.78, 5) is 4.57. The molecule has 0 spiro atoms. The van der Waals surface area contributed by atoms with Crippen molar-refractivity contribution in [1.82, 2.24) is 9.80 Å². The highest BCUT2D eigenvalue weighted by atomic mass is 35.5. The van der Waals surface area contributed by atoms with Crippen molar-refractivity contribution >= 4 is 24.8 Å². The Morgan fingerprint density at radius 3 is 1.43 bits per heavy atom. The van der Waals surface area contributed by atoms with Crippen LogP contribution in [0.3, 0.4) is 0 Å². The summed E-state index contributed by atoms with van der Waals surface area (Å²) in [7, 11) is 4.24. The van der Waals surface area contributed by atoms with E-state index in [0.29, 0.717) is 13.2 Å².